The maximum atomic E-state index is 12.0. The van der Waals surface area contributed by atoms with Gasteiger partial charge in [0.2, 0.25) is 0 Å². The molecule has 0 amide bonds. The van der Waals surface area contributed by atoms with Gasteiger partial charge in [0.15, 0.2) is 0 Å². The van der Waals surface area contributed by atoms with Gasteiger partial charge in [-0.15, -0.1) is 0 Å². The zero-order chi connectivity index (χ0) is 13.1. The summed E-state index contributed by atoms with van der Waals surface area (Å²) in [6.45, 7) is 4.63. The molecular formula is C10H19Cl2O4P. The van der Waals surface area contributed by atoms with Crippen LogP contribution in [0, 0.1) is 0 Å². The summed E-state index contributed by atoms with van der Waals surface area (Å²) >= 11 is 10.8. The Morgan fingerprint density at radius 1 is 1.12 bits per heavy atom. The normalized spacial score (nSPS) is 11.3. The second kappa shape index (κ2) is 10.2. The Labute approximate surface area is 113 Å². The highest BCUT2D eigenvalue weighted by atomic mass is 35.5. The van der Waals surface area contributed by atoms with E-state index in [0.717, 1.165) is 31.9 Å². The van der Waals surface area contributed by atoms with Gasteiger partial charge in [-0.25, -0.2) is 4.57 Å². The maximum absolute atomic E-state index is 12.0. The zero-order valence-corrected chi connectivity index (χ0v) is 12.6. The van der Waals surface area contributed by atoms with Gasteiger partial charge in [0.05, 0.1) is 13.2 Å². The molecule has 0 unspecified atom stereocenters. The van der Waals surface area contributed by atoms with Crippen LogP contribution in [0.5, 0.6) is 0 Å². The van der Waals surface area contributed by atoms with E-state index in [1.54, 1.807) is 0 Å². The Kier molecular flexibility index (Phi) is 10.4. The average molecular weight is 305 g/mol. The van der Waals surface area contributed by atoms with E-state index in [2.05, 4.69) is 0 Å². The molecule has 0 aliphatic heterocycles. The van der Waals surface area contributed by atoms with Crippen molar-refractivity contribution in [2.75, 3.05) is 13.2 Å². The number of unbranched alkanes of at least 4 members (excludes halogenated alkanes) is 2. The van der Waals surface area contributed by atoms with Crippen LogP contribution in [-0.4, -0.2) is 13.2 Å². The number of rotatable bonds is 10. The lowest BCUT2D eigenvalue weighted by Gasteiger charge is -2.16. The number of phosphoric acid groups is 1. The molecule has 0 saturated carbocycles. The molecule has 0 aromatic rings. The minimum Gasteiger partial charge on any atom is -0.409 e. The summed E-state index contributed by atoms with van der Waals surface area (Å²) in [7, 11) is -3.58. The molecule has 102 valence electrons. The molecule has 0 aliphatic carbocycles. The van der Waals surface area contributed by atoms with E-state index < -0.39 is 7.82 Å². The number of hydrogen-bond acceptors (Lipinski definition) is 4. The largest absolute Gasteiger partial charge is 0.529 e. The fraction of sp³-hybridized carbons (Fsp3) is 0.800. The van der Waals surface area contributed by atoms with E-state index in [1.807, 2.05) is 13.8 Å². The first-order valence-corrected chi connectivity index (χ1v) is 7.84. The molecule has 0 aromatic heterocycles. The Balaban J connectivity index is 4.24. The summed E-state index contributed by atoms with van der Waals surface area (Å²) in [5.41, 5.74) is 0. The van der Waals surface area contributed by atoms with E-state index in [1.165, 1.54) is 0 Å². The van der Waals surface area contributed by atoms with Crippen molar-refractivity contribution in [1.82, 2.24) is 0 Å². The lowest BCUT2D eigenvalue weighted by molar-refractivity contribution is 0.139. The van der Waals surface area contributed by atoms with Crippen LogP contribution in [0.15, 0.2) is 10.8 Å². The van der Waals surface area contributed by atoms with Gasteiger partial charge in [0.1, 0.15) is 10.8 Å². The van der Waals surface area contributed by atoms with Crippen LogP contribution in [0.1, 0.15) is 39.5 Å². The molecule has 17 heavy (non-hydrogen) atoms. The highest BCUT2D eigenvalue weighted by Gasteiger charge is 2.26. The molecule has 7 heteroatoms. The van der Waals surface area contributed by atoms with Gasteiger partial charge in [-0.05, 0) is 12.8 Å². The van der Waals surface area contributed by atoms with Gasteiger partial charge in [-0.2, -0.15) is 0 Å². The van der Waals surface area contributed by atoms with Gasteiger partial charge in [-0.1, -0.05) is 49.9 Å². The van der Waals surface area contributed by atoms with Crippen molar-refractivity contribution in [2.24, 2.45) is 0 Å². The second-order valence-electron chi connectivity index (χ2n) is 3.33. The van der Waals surface area contributed by atoms with Gasteiger partial charge in [-0.3, -0.25) is 9.05 Å². The monoisotopic (exact) mass is 304 g/mol. The number of phosphoric ester groups is 1. The van der Waals surface area contributed by atoms with E-state index >= 15 is 0 Å². The topological polar surface area (TPSA) is 44.8 Å². The third kappa shape index (κ3) is 9.93. The average Bonchev–Trinajstić information content (AvgIpc) is 2.27. The third-order valence-electron chi connectivity index (χ3n) is 1.77. The van der Waals surface area contributed by atoms with Crippen LogP contribution in [0.25, 0.3) is 0 Å². The number of halogens is 2. The first kappa shape index (κ1) is 17.3. The molecule has 0 radical (unpaired) electrons. The van der Waals surface area contributed by atoms with Crippen LogP contribution < -0.4 is 0 Å². The second-order valence-corrected chi connectivity index (χ2v) is 5.96. The van der Waals surface area contributed by atoms with Crippen LogP contribution >= 0.6 is 31.0 Å². The highest BCUT2D eigenvalue weighted by molar-refractivity contribution is 7.48. The van der Waals surface area contributed by atoms with E-state index in [4.69, 9.17) is 36.8 Å². The fourth-order valence-corrected chi connectivity index (χ4v) is 2.19. The molecule has 0 rings (SSSR count). The van der Waals surface area contributed by atoms with Crippen molar-refractivity contribution in [3.8, 4) is 0 Å². The predicted molar refractivity (Wildman–Crippen MR) is 70.2 cm³/mol. The third-order valence-corrected chi connectivity index (χ3v) is 3.30. The van der Waals surface area contributed by atoms with Gasteiger partial charge in [0.25, 0.3) is 0 Å². The molecule has 0 spiro atoms. The summed E-state index contributed by atoms with van der Waals surface area (Å²) in [5, 5.41) is 0. The first-order chi connectivity index (χ1) is 8.04. The SMILES string of the molecule is CCCCOP(=O)(OC=C(Cl)Cl)OCCCC. The Hall–Kier alpha value is 0.270. The van der Waals surface area contributed by atoms with Crippen LogP contribution in [-0.2, 0) is 18.1 Å². The standard InChI is InChI=1S/C10H19Cl2O4P/c1-3-5-7-14-17(13,15-8-6-4-2)16-9-10(11)12/h9H,3-8H2,1-2H3. The first-order valence-electron chi connectivity index (χ1n) is 5.62. The van der Waals surface area contributed by atoms with E-state index in [0.29, 0.717) is 13.2 Å². The Morgan fingerprint density at radius 2 is 1.59 bits per heavy atom. The molecule has 0 saturated heterocycles. The summed E-state index contributed by atoms with van der Waals surface area (Å²) in [6.07, 6.45) is 4.38. The van der Waals surface area contributed by atoms with Crippen molar-refractivity contribution >= 4 is 31.0 Å². The minimum atomic E-state index is -3.58. The summed E-state index contributed by atoms with van der Waals surface area (Å²) < 4.78 is 27.0. The molecule has 0 aliphatic rings. The van der Waals surface area contributed by atoms with E-state index in [9.17, 15) is 4.57 Å². The highest BCUT2D eigenvalue weighted by Crippen LogP contribution is 2.50. The minimum absolute atomic E-state index is 0.136. The van der Waals surface area contributed by atoms with Gasteiger partial charge >= 0.3 is 7.82 Å². The lowest BCUT2D eigenvalue weighted by Crippen LogP contribution is -2.00. The molecule has 0 atom stereocenters. The molecule has 0 fully saturated rings. The summed E-state index contributed by atoms with van der Waals surface area (Å²) in [5.74, 6) is 0. The zero-order valence-electron chi connectivity index (χ0n) is 10.2. The quantitative estimate of drug-likeness (QED) is 0.323. The Morgan fingerprint density at radius 3 is 1.94 bits per heavy atom. The summed E-state index contributed by atoms with van der Waals surface area (Å²) in [4.78, 5) is 0. The molecule has 0 bridgehead atoms. The van der Waals surface area contributed by atoms with Crippen LogP contribution in [0.4, 0.5) is 0 Å². The van der Waals surface area contributed by atoms with Crippen LogP contribution in [0.2, 0.25) is 0 Å². The summed E-state index contributed by atoms with van der Waals surface area (Å²) in [6, 6.07) is 0. The molecule has 0 N–H and O–H groups in total. The van der Waals surface area contributed by atoms with Crippen molar-refractivity contribution in [3.05, 3.63) is 10.8 Å². The molecule has 0 aromatic carbocycles. The van der Waals surface area contributed by atoms with Crippen molar-refractivity contribution in [1.29, 1.82) is 0 Å². The maximum Gasteiger partial charge on any atom is 0.529 e. The smallest absolute Gasteiger partial charge is 0.409 e. The molecule has 0 heterocycles. The van der Waals surface area contributed by atoms with Gasteiger partial charge < -0.3 is 4.52 Å². The molecule has 4 nitrogen and oxygen atoms in total. The van der Waals surface area contributed by atoms with Crippen molar-refractivity contribution in [3.63, 3.8) is 0 Å². The Bertz CT molecular complexity index is 253. The van der Waals surface area contributed by atoms with Crippen molar-refractivity contribution in [2.45, 2.75) is 39.5 Å². The number of hydrogen-bond donors (Lipinski definition) is 0. The lowest BCUT2D eigenvalue weighted by atomic mass is 10.4. The molecular weight excluding hydrogens is 286 g/mol. The fourth-order valence-electron chi connectivity index (χ4n) is 0.844. The predicted octanol–water partition coefficient (Wildman–Crippen LogP) is 5.02. The van der Waals surface area contributed by atoms with E-state index in [-0.39, 0.29) is 4.49 Å². The van der Waals surface area contributed by atoms with Crippen molar-refractivity contribution < 1.29 is 18.1 Å². The van der Waals surface area contributed by atoms with Crippen LogP contribution in [0.3, 0.4) is 0 Å². The van der Waals surface area contributed by atoms with Gasteiger partial charge in [0, 0.05) is 0 Å².